The molecule has 4 rings (SSSR count). The van der Waals surface area contributed by atoms with E-state index in [1.165, 1.54) is 5.56 Å². The van der Waals surface area contributed by atoms with Crippen LogP contribution in [0.1, 0.15) is 28.1 Å². The number of hydrogen-bond donors (Lipinski definition) is 1. The first-order valence-electron chi connectivity index (χ1n) is 8.85. The van der Waals surface area contributed by atoms with Crippen LogP contribution in [-0.4, -0.2) is 26.5 Å². The van der Waals surface area contributed by atoms with Crippen molar-refractivity contribution >= 4 is 11.6 Å². The highest BCUT2D eigenvalue weighted by Gasteiger charge is 2.21. The van der Waals surface area contributed by atoms with Gasteiger partial charge in [0.05, 0.1) is 5.69 Å². The molecule has 0 spiro atoms. The van der Waals surface area contributed by atoms with Gasteiger partial charge in [-0.05, 0) is 37.1 Å². The molecule has 6 heteroatoms. The van der Waals surface area contributed by atoms with Gasteiger partial charge in [0.15, 0.2) is 0 Å². The van der Waals surface area contributed by atoms with Crippen molar-refractivity contribution in [2.24, 2.45) is 0 Å². The first kappa shape index (κ1) is 16.4. The molecule has 0 aromatic carbocycles. The summed E-state index contributed by atoms with van der Waals surface area (Å²) in [5.41, 5.74) is 5.60. The van der Waals surface area contributed by atoms with Crippen molar-refractivity contribution in [3.05, 3.63) is 71.1 Å². The minimum absolute atomic E-state index is 0.694. The van der Waals surface area contributed by atoms with Gasteiger partial charge in [0.2, 0.25) is 0 Å². The second-order valence-electron chi connectivity index (χ2n) is 6.67. The Morgan fingerprint density at radius 3 is 2.69 bits per heavy atom. The van der Waals surface area contributed by atoms with E-state index in [1.54, 1.807) is 6.33 Å². The van der Waals surface area contributed by atoms with Crippen LogP contribution in [0.15, 0.2) is 43.0 Å². The number of fused-ring (bicyclic) bond motifs is 1. The SMILES string of the molecule is Cc1ccc(N2CCc3ncnc(NCc4ccc(C)nc4)c3C2)nc1. The highest BCUT2D eigenvalue weighted by molar-refractivity contribution is 5.52. The number of anilines is 2. The zero-order valence-electron chi connectivity index (χ0n) is 15.1. The van der Waals surface area contributed by atoms with Gasteiger partial charge in [0.1, 0.15) is 18.0 Å². The van der Waals surface area contributed by atoms with Crippen LogP contribution in [0.2, 0.25) is 0 Å². The minimum atomic E-state index is 0.694. The molecule has 1 aliphatic rings. The second kappa shape index (κ2) is 7.07. The quantitative estimate of drug-likeness (QED) is 0.783. The van der Waals surface area contributed by atoms with Crippen LogP contribution in [0.4, 0.5) is 11.6 Å². The summed E-state index contributed by atoms with van der Waals surface area (Å²) in [6.45, 7) is 6.42. The molecule has 0 bridgehead atoms. The molecule has 26 heavy (non-hydrogen) atoms. The van der Waals surface area contributed by atoms with E-state index in [0.717, 1.165) is 53.7 Å². The van der Waals surface area contributed by atoms with E-state index in [0.29, 0.717) is 6.54 Å². The summed E-state index contributed by atoms with van der Waals surface area (Å²) in [7, 11) is 0. The van der Waals surface area contributed by atoms with Crippen LogP contribution >= 0.6 is 0 Å². The second-order valence-corrected chi connectivity index (χ2v) is 6.67. The third kappa shape index (κ3) is 3.49. The summed E-state index contributed by atoms with van der Waals surface area (Å²) in [6, 6.07) is 8.29. The first-order chi connectivity index (χ1) is 12.7. The molecule has 1 N–H and O–H groups in total. The fraction of sp³-hybridized carbons (Fsp3) is 0.300. The van der Waals surface area contributed by atoms with Crippen LogP contribution in [0, 0.1) is 13.8 Å². The van der Waals surface area contributed by atoms with E-state index in [-0.39, 0.29) is 0 Å². The standard InChI is InChI=1S/C20H22N6/c1-14-3-6-19(22-9-14)26-8-7-18-17(12-26)20(25-13-24-18)23-11-16-5-4-15(2)21-10-16/h3-6,9-10,13H,7-8,11-12H2,1-2H3,(H,23,24,25). The molecule has 0 unspecified atom stereocenters. The normalized spacial score (nSPS) is 13.4. The Morgan fingerprint density at radius 2 is 1.92 bits per heavy atom. The van der Waals surface area contributed by atoms with Gasteiger partial charge >= 0.3 is 0 Å². The van der Waals surface area contributed by atoms with E-state index in [4.69, 9.17) is 0 Å². The maximum atomic E-state index is 4.56. The van der Waals surface area contributed by atoms with Crippen molar-refractivity contribution in [2.75, 3.05) is 16.8 Å². The Kier molecular flexibility index (Phi) is 4.48. The van der Waals surface area contributed by atoms with E-state index >= 15 is 0 Å². The molecule has 132 valence electrons. The molecule has 0 saturated heterocycles. The molecule has 6 nitrogen and oxygen atoms in total. The summed E-state index contributed by atoms with van der Waals surface area (Å²) in [5.74, 6) is 1.89. The lowest BCUT2D eigenvalue weighted by Crippen LogP contribution is -2.32. The molecule has 0 radical (unpaired) electrons. The molecule has 1 aliphatic heterocycles. The van der Waals surface area contributed by atoms with Crippen molar-refractivity contribution in [1.82, 2.24) is 19.9 Å². The fourth-order valence-corrected chi connectivity index (χ4v) is 3.12. The first-order valence-corrected chi connectivity index (χ1v) is 8.85. The van der Waals surface area contributed by atoms with Gasteiger partial charge < -0.3 is 10.2 Å². The Hall–Kier alpha value is -3.02. The lowest BCUT2D eigenvalue weighted by atomic mass is 10.1. The number of rotatable bonds is 4. The van der Waals surface area contributed by atoms with Gasteiger partial charge in [0.25, 0.3) is 0 Å². The molecule has 0 aliphatic carbocycles. The van der Waals surface area contributed by atoms with E-state index < -0.39 is 0 Å². The topological polar surface area (TPSA) is 66.8 Å². The highest BCUT2D eigenvalue weighted by atomic mass is 15.2. The summed E-state index contributed by atoms with van der Waals surface area (Å²) in [6.07, 6.45) is 6.36. The van der Waals surface area contributed by atoms with Crippen molar-refractivity contribution in [1.29, 1.82) is 0 Å². The monoisotopic (exact) mass is 346 g/mol. The molecule has 3 aromatic heterocycles. The van der Waals surface area contributed by atoms with E-state index in [1.807, 2.05) is 25.4 Å². The maximum absolute atomic E-state index is 4.56. The number of aromatic nitrogens is 4. The zero-order valence-corrected chi connectivity index (χ0v) is 15.1. The van der Waals surface area contributed by atoms with Gasteiger partial charge in [-0.1, -0.05) is 12.1 Å². The van der Waals surface area contributed by atoms with Crippen LogP contribution < -0.4 is 10.2 Å². The van der Waals surface area contributed by atoms with Crippen LogP contribution in [0.3, 0.4) is 0 Å². The molecule has 0 amide bonds. The Labute approximate surface area is 153 Å². The number of hydrogen-bond acceptors (Lipinski definition) is 6. The van der Waals surface area contributed by atoms with Crippen LogP contribution in [-0.2, 0) is 19.5 Å². The van der Waals surface area contributed by atoms with Gasteiger partial charge in [-0.25, -0.2) is 15.0 Å². The predicted molar refractivity (Wildman–Crippen MR) is 102 cm³/mol. The lowest BCUT2D eigenvalue weighted by molar-refractivity contribution is 0.697. The van der Waals surface area contributed by atoms with Gasteiger partial charge in [0, 0.05) is 49.7 Å². The largest absolute Gasteiger partial charge is 0.366 e. The molecule has 0 fully saturated rings. The molecular formula is C20H22N6. The Bertz CT molecular complexity index is 889. The summed E-state index contributed by atoms with van der Waals surface area (Å²) >= 11 is 0. The van der Waals surface area contributed by atoms with E-state index in [9.17, 15) is 0 Å². The number of nitrogens with zero attached hydrogens (tertiary/aromatic N) is 5. The van der Waals surface area contributed by atoms with E-state index in [2.05, 4.69) is 55.3 Å². The fourth-order valence-electron chi connectivity index (χ4n) is 3.12. The number of nitrogens with one attached hydrogen (secondary N) is 1. The van der Waals surface area contributed by atoms with Crippen LogP contribution in [0.25, 0.3) is 0 Å². The van der Waals surface area contributed by atoms with Gasteiger partial charge in [-0.3, -0.25) is 4.98 Å². The predicted octanol–water partition coefficient (Wildman–Crippen LogP) is 3.06. The summed E-state index contributed by atoms with van der Waals surface area (Å²) in [4.78, 5) is 20.1. The minimum Gasteiger partial charge on any atom is -0.366 e. The Morgan fingerprint density at radius 1 is 1.00 bits per heavy atom. The zero-order chi connectivity index (χ0) is 17.9. The molecular weight excluding hydrogens is 324 g/mol. The molecule has 0 atom stereocenters. The third-order valence-electron chi connectivity index (χ3n) is 4.65. The van der Waals surface area contributed by atoms with Gasteiger partial charge in [-0.15, -0.1) is 0 Å². The van der Waals surface area contributed by atoms with Crippen molar-refractivity contribution in [3.63, 3.8) is 0 Å². The van der Waals surface area contributed by atoms with Crippen LogP contribution in [0.5, 0.6) is 0 Å². The maximum Gasteiger partial charge on any atom is 0.134 e. The third-order valence-corrected chi connectivity index (χ3v) is 4.65. The smallest absolute Gasteiger partial charge is 0.134 e. The highest BCUT2D eigenvalue weighted by Crippen LogP contribution is 2.26. The average molecular weight is 346 g/mol. The molecule has 0 saturated carbocycles. The van der Waals surface area contributed by atoms with Crippen molar-refractivity contribution in [2.45, 2.75) is 33.4 Å². The lowest BCUT2D eigenvalue weighted by Gasteiger charge is -2.30. The van der Waals surface area contributed by atoms with Gasteiger partial charge in [-0.2, -0.15) is 0 Å². The molecule has 4 heterocycles. The van der Waals surface area contributed by atoms with Crippen molar-refractivity contribution < 1.29 is 0 Å². The average Bonchev–Trinajstić information content (AvgIpc) is 2.68. The number of aryl methyl sites for hydroxylation is 2. The summed E-state index contributed by atoms with van der Waals surface area (Å²) < 4.78 is 0. The molecule has 3 aromatic rings. The summed E-state index contributed by atoms with van der Waals surface area (Å²) in [5, 5.41) is 3.45. The Balaban J connectivity index is 1.53. The van der Waals surface area contributed by atoms with Crippen molar-refractivity contribution in [3.8, 4) is 0 Å². The number of pyridine rings is 2.